The first-order valence-corrected chi connectivity index (χ1v) is 10.7. The Labute approximate surface area is 192 Å². The molecule has 0 aliphatic heterocycles. The second-order valence-corrected chi connectivity index (χ2v) is 8.49. The number of carbonyl (C=O) groups excluding carboxylic acids is 3. The molecule has 0 bridgehead atoms. The summed E-state index contributed by atoms with van der Waals surface area (Å²) in [6, 6.07) is 11.1. The van der Waals surface area contributed by atoms with E-state index in [4.69, 9.17) is 0 Å². The molecule has 0 saturated heterocycles. The van der Waals surface area contributed by atoms with Gasteiger partial charge in [0.15, 0.2) is 0 Å². The molecule has 0 spiro atoms. The molecule has 160 valence electrons. The van der Waals surface area contributed by atoms with Crippen molar-refractivity contribution in [1.29, 1.82) is 0 Å². The summed E-state index contributed by atoms with van der Waals surface area (Å²) in [5, 5.41) is 5.56. The van der Waals surface area contributed by atoms with Crippen LogP contribution < -0.4 is 10.6 Å². The lowest BCUT2D eigenvalue weighted by Crippen LogP contribution is -2.42. The zero-order valence-electron chi connectivity index (χ0n) is 16.9. The van der Waals surface area contributed by atoms with E-state index in [1.165, 1.54) is 12.0 Å². The molecule has 2 N–H and O–H groups in total. The fourth-order valence-corrected chi connectivity index (χ4v) is 3.83. The molecule has 0 unspecified atom stereocenters. The van der Waals surface area contributed by atoms with E-state index < -0.39 is 5.97 Å². The molecule has 0 radical (unpaired) electrons. The van der Waals surface area contributed by atoms with E-state index in [9.17, 15) is 14.4 Å². The van der Waals surface area contributed by atoms with Crippen molar-refractivity contribution in [2.45, 2.75) is 13.8 Å². The minimum Gasteiger partial charge on any atom is -0.468 e. The number of hydrogen-bond acceptors (Lipinski definition) is 5. The third-order valence-electron chi connectivity index (χ3n) is 4.11. The summed E-state index contributed by atoms with van der Waals surface area (Å²) >= 11 is 6.82. The topological polar surface area (TPSA) is 87.7 Å². The third kappa shape index (κ3) is 7.55. The summed E-state index contributed by atoms with van der Waals surface area (Å²) in [5.74, 6) is -1.25. The molecule has 9 heteroatoms. The van der Waals surface area contributed by atoms with Crippen LogP contribution in [0.1, 0.15) is 11.1 Å². The first kappa shape index (κ1) is 24.0. The number of nitrogens with one attached hydrogen (secondary N) is 2. The molecule has 2 aromatic carbocycles. The number of amides is 2. The smallest absolute Gasteiger partial charge is 0.319 e. The van der Waals surface area contributed by atoms with Crippen molar-refractivity contribution in [3.05, 3.63) is 56.5 Å². The Bertz CT molecular complexity index is 882. The molecule has 0 aromatic heterocycles. The lowest BCUT2D eigenvalue weighted by Gasteiger charge is -2.20. The summed E-state index contributed by atoms with van der Waals surface area (Å²) < 4.78 is 6.18. The number of aryl methyl sites for hydroxylation is 2. The van der Waals surface area contributed by atoms with Crippen LogP contribution in [0.15, 0.2) is 45.3 Å². The van der Waals surface area contributed by atoms with Crippen molar-refractivity contribution in [3.63, 3.8) is 0 Å². The zero-order valence-corrected chi connectivity index (χ0v) is 20.1. The van der Waals surface area contributed by atoms with Gasteiger partial charge in [-0.1, -0.05) is 12.1 Å². The number of benzene rings is 2. The quantitative estimate of drug-likeness (QED) is 0.496. The summed E-state index contributed by atoms with van der Waals surface area (Å²) in [5.41, 5.74) is 3.31. The van der Waals surface area contributed by atoms with Crippen molar-refractivity contribution >= 4 is 61.0 Å². The Morgan fingerprint density at radius 1 is 0.833 bits per heavy atom. The maximum Gasteiger partial charge on any atom is 0.319 e. The Morgan fingerprint density at radius 3 is 1.63 bits per heavy atom. The molecule has 0 atom stereocenters. The van der Waals surface area contributed by atoms with E-state index in [2.05, 4.69) is 47.2 Å². The fraction of sp³-hybridized carbons (Fsp3) is 0.286. The second kappa shape index (κ2) is 11.2. The average Bonchev–Trinajstić information content (AvgIpc) is 2.66. The van der Waals surface area contributed by atoms with Gasteiger partial charge < -0.3 is 15.4 Å². The Hall–Kier alpha value is -2.23. The van der Waals surface area contributed by atoms with Gasteiger partial charge in [-0.05, 0) is 81.1 Å². The highest BCUT2D eigenvalue weighted by Crippen LogP contribution is 2.24. The normalized spacial score (nSPS) is 10.6. The molecule has 0 heterocycles. The average molecular weight is 541 g/mol. The van der Waals surface area contributed by atoms with E-state index in [0.29, 0.717) is 11.4 Å². The third-order valence-corrected chi connectivity index (χ3v) is 5.42. The van der Waals surface area contributed by atoms with Gasteiger partial charge in [0.2, 0.25) is 11.8 Å². The molecule has 2 rings (SSSR count). The van der Waals surface area contributed by atoms with E-state index >= 15 is 0 Å². The number of halogens is 2. The van der Waals surface area contributed by atoms with Crippen molar-refractivity contribution in [2.75, 3.05) is 37.4 Å². The fourth-order valence-electron chi connectivity index (χ4n) is 2.64. The zero-order chi connectivity index (χ0) is 22.3. The number of hydrogen-bond donors (Lipinski definition) is 2. The molecule has 0 aliphatic rings. The number of methoxy groups -OCH3 is 1. The standard InChI is InChI=1S/C21H23Br2N3O4/c1-13-4-6-17(15(22)8-13)24-19(27)10-26(12-21(29)30-3)11-20(28)25-18-7-5-14(2)9-16(18)23/h4-9H,10-12H2,1-3H3,(H,24,27)(H,25,28). The molecule has 30 heavy (non-hydrogen) atoms. The Morgan fingerprint density at radius 2 is 1.27 bits per heavy atom. The van der Waals surface area contributed by atoms with E-state index in [1.807, 2.05) is 38.1 Å². The number of ether oxygens (including phenoxy) is 1. The lowest BCUT2D eigenvalue weighted by atomic mass is 10.2. The van der Waals surface area contributed by atoms with Crippen molar-refractivity contribution < 1.29 is 19.1 Å². The monoisotopic (exact) mass is 539 g/mol. The van der Waals surface area contributed by atoms with Crippen molar-refractivity contribution in [1.82, 2.24) is 4.90 Å². The van der Waals surface area contributed by atoms with Crippen molar-refractivity contribution in [2.24, 2.45) is 0 Å². The first-order chi connectivity index (χ1) is 14.2. The summed E-state index contributed by atoms with van der Waals surface area (Å²) in [6.45, 7) is 3.39. The van der Waals surface area contributed by atoms with Crippen LogP contribution in [-0.2, 0) is 19.1 Å². The van der Waals surface area contributed by atoms with Crippen LogP contribution in [0.3, 0.4) is 0 Å². The van der Waals surface area contributed by atoms with Crippen LogP contribution in [0.2, 0.25) is 0 Å². The van der Waals surface area contributed by atoms with Gasteiger partial charge >= 0.3 is 5.97 Å². The van der Waals surface area contributed by atoms with Gasteiger partial charge in [-0.15, -0.1) is 0 Å². The summed E-state index contributed by atoms with van der Waals surface area (Å²) in [6.07, 6.45) is 0. The van der Waals surface area contributed by atoms with Crippen LogP contribution in [0.4, 0.5) is 11.4 Å². The maximum absolute atomic E-state index is 12.5. The highest BCUT2D eigenvalue weighted by molar-refractivity contribution is 9.11. The predicted molar refractivity (Wildman–Crippen MR) is 123 cm³/mol. The molecular formula is C21H23Br2N3O4. The van der Waals surface area contributed by atoms with E-state index in [1.54, 1.807) is 12.1 Å². The molecule has 2 amide bonds. The van der Waals surface area contributed by atoms with Crippen LogP contribution in [0.5, 0.6) is 0 Å². The number of esters is 1. The highest BCUT2D eigenvalue weighted by atomic mass is 79.9. The van der Waals surface area contributed by atoms with E-state index in [0.717, 1.165) is 20.1 Å². The maximum atomic E-state index is 12.5. The molecule has 0 saturated carbocycles. The highest BCUT2D eigenvalue weighted by Gasteiger charge is 2.19. The van der Waals surface area contributed by atoms with Gasteiger partial charge in [0.05, 0.1) is 38.1 Å². The van der Waals surface area contributed by atoms with Gasteiger partial charge in [0.25, 0.3) is 0 Å². The lowest BCUT2D eigenvalue weighted by molar-refractivity contribution is -0.142. The molecular weight excluding hydrogens is 518 g/mol. The molecule has 7 nitrogen and oxygen atoms in total. The van der Waals surface area contributed by atoms with Crippen LogP contribution >= 0.6 is 31.9 Å². The second-order valence-electron chi connectivity index (χ2n) is 6.78. The van der Waals surface area contributed by atoms with Gasteiger partial charge in [0, 0.05) is 8.95 Å². The van der Waals surface area contributed by atoms with Gasteiger partial charge in [-0.25, -0.2) is 0 Å². The largest absolute Gasteiger partial charge is 0.468 e. The van der Waals surface area contributed by atoms with Crippen LogP contribution in [0, 0.1) is 13.8 Å². The number of rotatable bonds is 8. The summed E-state index contributed by atoms with van der Waals surface area (Å²) in [7, 11) is 1.26. The van der Waals surface area contributed by atoms with Gasteiger partial charge in [0.1, 0.15) is 0 Å². The van der Waals surface area contributed by atoms with Gasteiger partial charge in [-0.2, -0.15) is 0 Å². The van der Waals surface area contributed by atoms with Gasteiger partial charge in [-0.3, -0.25) is 19.3 Å². The Kier molecular flexibility index (Phi) is 9.01. The van der Waals surface area contributed by atoms with Crippen LogP contribution in [-0.4, -0.2) is 49.4 Å². The molecule has 0 aliphatic carbocycles. The number of nitrogens with zero attached hydrogens (tertiary/aromatic N) is 1. The Balaban J connectivity index is 2.04. The minimum absolute atomic E-state index is 0.155. The minimum atomic E-state index is -0.538. The first-order valence-electron chi connectivity index (χ1n) is 9.09. The number of carbonyl (C=O) groups is 3. The summed E-state index contributed by atoms with van der Waals surface area (Å²) in [4.78, 5) is 38.2. The SMILES string of the molecule is COC(=O)CN(CC(=O)Nc1ccc(C)cc1Br)CC(=O)Nc1ccc(C)cc1Br. The number of anilines is 2. The van der Waals surface area contributed by atoms with Crippen molar-refractivity contribution in [3.8, 4) is 0 Å². The predicted octanol–water partition coefficient (Wildman–Crippen LogP) is 3.88. The molecule has 0 fully saturated rings. The van der Waals surface area contributed by atoms with E-state index in [-0.39, 0.29) is 31.4 Å². The van der Waals surface area contributed by atoms with Crippen LogP contribution in [0.25, 0.3) is 0 Å². The molecule has 2 aromatic rings.